The summed E-state index contributed by atoms with van der Waals surface area (Å²) < 4.78 is 5.01. The summed E-state index contributed by atoms with van der Waals surface area (Å²) in [4.78, 5) is 12.3. The first kappa shape index (κ1) is 16.4. The fourth-order valence-electron chi connectivity index (χ4n) is 3.21. The van der Waals surface area contributed by atoms with E-state index in [4.69, 9.17) is 33.7 Å². The zero-order chi connectivity index (χ0) is 15.4. The normalized spacial score (nSPS) is 18.0. The maximum Gasteiger partial charge on any atom is 0.313 e. The average Bonchev–Trinajstić information content (AvgIpc) is 2.73. The number of nitrogen functional groups attached to an aromatic ring is 1. The number of esters is 1. The Balaban J connectivity index is 2.42. The molecule has 1 fully saturated rings. The molecule has 1 aliphatic rings. The summed E-state index contributed by atoms with van der Waals surface area (Å²) in [6.07, 6.45) is 6.71. The number of hydrogen-bond donors (Lipinski definition) is 1. The summed E-state index contributed by atoms with van der Waals surface area (Å²) in [5.74, 6) is -0.409. The Labute approximate surface area is 135 Å². The number of benzene rings is 1. The Hall–Kier alpha value is -0.930. The van der Waals surface area contributed by atoms with E-state index in [0.717, 1.165) is 25.7 Å². The van der Waals surface area contributed by atoms with Crippen LogP contribution in [-0.4, -0.2) is 13.1 Å². The number of carbonyl (C=O) groups excluding carboxylic acids is 1. The Morgan fingerprint density at radius 1 is 1.24 bits per heavy atom. The van der Waals surface area contributed by atoms with Crippen LogP contribution in [0.2, 0.25) is 10.0 Å². The predicted molar refractivity (Wildman–Crippen MR) is 86.8 cm³/mol. The molecule has 0 saturated heterocycles. The molecule has 0 radical (unpaired) electrons. The van der Waals surface area contributed by atoms with Crippen molar-refractivity contribution in [2.75, 3.05) is 12.8 Å². The van der Waals surface area contributed by atoms with Crippen LogP contribution in [0.25, 0.3) is 0 Å². The van der Waals surface area contributed by atoms with Gasteiger partial charge in [0.1, 0.15) is 0 Å². The minimum Gasteiger partial charge on any atom is -0.469 e. The van der Waals surface area contributed by atoms with E-state index in [0.29, 0.717) is 21.3 Å². The maximum atomic E-state index is 12.3. The molecule has 1 aromatic rings. The molecule has 1 atom stereocenters. The quantitative estimate of drug-likeness (QED) is 0.492. The third kappa shape index (κ3) is 3.83. The summed E-state index contributed by atoms with van der Waals surface area (Å²) in [5, 5.41) is 0.881. The lowest BCUT2D eigenvalue weighted by molar-refractivity contribution is -0.144. The van der Waals surface area contributed by atoms with E-state index in [-0.39, 0.29) is 17.8 Å². The van der Waals surface area contributed by atoms with Crippen molar-refractivity contribution in [3.63, 3.8) is 0 Å². The number of ether oxygens (including phenoxy) is 1. The molecule has 2 N–H and O–H groups in total. The van der Waals surface area contributed by atoms with Crippen LogP contribution < -0.4 is 5.73 Å². The minimum absolute atomic E-state index is 0.233. The molecule has 0 amide bonds. The van der Waals surface area contributed by atoms with E-state index in [2.05, 4.69) is 0 Å². The van der Waals surface area contributed by atoms with Crippen molar-refractivity contribution < 1.29 is 9.53 Å². The van der Waals surface area contributed by atoms with Gasteiger partial charge in [-0.05, 0) is 36.5 Å². The number of carbonyl (C=O) groups is 1. The first-order chi connectivity index (χ1) is 10.0. The molecule has 3 nitrogen and oxygen atoms in total. The van der Waals surface area contributed by atoms with Crippen molar-refractivity contribution in [2.45, 2.75) is 44.4 Å². The van der Waals surface area contributed by atoms with E-state index < -0.39 is 0 Å². The Bertz CT molecular complexity index is 511. The lowest BCUT2D eigenvalue weighted by atomic mass is 9.80. The van der Waals surface area contributed by atoms with E-state index in [1.807, 2.05) is 0 Å². The molecule has 0 bridgehead atoms. The van der Waals surface area contributed by atoms with E-state index in [9.17, 15) is 4.79 Å². The monoisotopic (exact) mass is 329 g/mol. The van der Waals surface area contributed by atoms with E-state index >= 15 is 0 Å². The van der Waals surface area contributed by atoms with Crippen LogP contribution in [0.1, 0.15) is 50.0 Å². The fraction of sp³-hybridized carbons (Fsp3) is 0.562. The summed E-state index contributed by atoms with van der Waals surface area (Å²) in [5.41, 5.74) is 7.22. The number of hydrogen-bond acceptors (Lipinski definition) is 3. The van der Waals surface area contributed by atoms with Crippen molar-refractivity contribution in [1.82, 2.24) is 0 Å². The molecule has 1 unspecified atom stereocenters. The van der Waals surface area contributed by atoms with Crippen molar-refractivity contribution in [1.29, 1.82) is 0 Å². The highest BCUT2D eigenvalue weighted by Gasteiger charge is 2.33. The van der Waals surface area contributed by atoms with Gasteiger partial charge in [-0.1, -0.05) is 48.9 Å². The molecule has 21 heavy (non-hydrogen) atoms. The van der Waals surface area contributed by atoms with Crippen molar-refractivity contribution in [3.05, 3.63) is 27.7 Å². The van der Waals surface area contributed by atoms with Gasteiger partial charge in [-0.3, -0.25) is 4.79 Å². The van der Waals surface area contributed by atoms with Crippen LogP contribution in [0.3, 0.4) is 0 Å². The third-order valence-electron chi connectivity index (χ3n) is 4.29. The van der Waals surface area contributed by atoms with Gasteiger partial charge in [-0.2, -0.15) is 0 Å². The van der Waals surface area contributed by atoms with Gasteiger partial charge in [-0.15, -0.1) is 0 Å². The van der Waals surface area contributed by atoms with Gasteiger partial charge in [0.15, 0.2) is 0 Å². The average molecular weight is 330 g/mol. The summed E-state index contributed by atoms with van der Waals surface area (Å²) in [6, 6.07) is 3.35. The molecular formula is C16H21Cl2NO2. The second-order valence-corrected chi connectivity index (χ2v) is 6.49. The van der Waals surface area contributed by atoms with Gasteiger partial charge in [0, 0.05) is 5.02 Å². The highest BCUT2D eigenvalue weighted by molar-refractivity contribution is 6.36. The summed E-state index contributed by atoms with van der Waals surface area (Å²) in [6.45, 7) is 0. The second kappa shape index (κ2) is 7.37. The molecule has 5 heteroatoms. The smallest absolute Gasteiger partial charge is 0.313 e. The topological polar surface area (TPSA) is 52.3 Å². The predicted octanol–water partition coefficient (Wildman–Crippen LogP) is 4.80. The molecular weight excluding hydrogens is 309 g/mol. The first-order valence-electron chi connectivity index (χ1n) is 7.37. The Kier molecular flexibility index (Phi) is 5.77. The Morgan fingerprint density at radius 2 is 1.86 bits per heavy atom. The standard InChI is InChI=1S/C16H21Cl2NO2/c1-21-16(20)14(10-6-4-2-3-5-7-10)12-8-11(17)9-13(18)15(12)19/h8-10,14H,2-7,19H2,1H3. The van der Waals surface area contributed by atoms with Crippen LogP contribution in [0.4, 0.5) is 5.69 Å². The van der Waals surface area contributed by atoms with Gasteiger partial charge >= 0.3 is 5.97 Å². The van der Waals surface area contributed by atoms with Crippen LogP contribution >= 0.6 is 23.2 Å². The van der Waals surface area contributed by atoms with Gasteiger partial charge in [0.25, 0.3) is 0 Å². The summed E-state index contributed by atoms with van der Waals surface area (Å²) in [7, 11) is 1.41. The second-order valence-electron chi connectivity index (χ2n) is 5.64. The van der Waals surface area contributed by atoms with Gasteiger partial charge in [0.05, 0.1) is 23.7 Å². The van der Waals surface area contributed by atoms with E-state index in [1.165, 1.54) is 20.0 Å². The Morgan fingerprint density at radius 3 is 2.43 bits per heavy atom. The van der Waals surface area contributed by atoms with Gasteiger partial charge < -0.3 is 10.5 Å². The SMILES string of the molecule is COC(=O)C(c1cc(Cl)cc(Cl)c1N)C1CCCCCC1. The van der Waals surface area contributed by atoms with Crippen LogP contribution in [0.15, 0.2) is 12.1 Å². The lowest BCUT2D eigenvalue weighted by Gasteiger charge is -2.26. The van der Waals surface area contributed by atoms with Crippen molar-refractivity contribution in [2.24, 2.45) is 5.92 Å². The molecule has 0 aliphatic heterocycles. The zero-order valence-corrected chi connectivity index (χ0v) is 13.7. The number of rotatable bonds is 3. The maximum absolute atomic E-state index is 12.3. The molecule has 116 valence electrons. The number of anilines is 1. The molecule has 0 spiro atoms. The molecule has 0 heterocycles. The van der Waals surface area contributed by atoms with E-state index in [1.54, 1.807) is 12.1 Å². The highest BCUT2D eigenvalue weighted by Crippen LogP contribution is 2.41. The third-order valence-corrected chi connectivity index (χ3v) is 4.82. The highest BCUT2D eigenvalue weighted by atomic mass is 35.5. The zero-order valence-electron chi connectivity index (χ0n) is 12.2. The minimum atomic E-state index is -0.385. The van der Waals surface area contributed by atoms with Gasteiger partial charge in [0.2, 0.25) is 0 Å². The largest absolute Gasteiger partial charge is 0.469 e. The van der Waals surface area contributed by atoms with Crippen LogP contribution in [0, 0.1) is 5.92 Å². The van der Waals surface area contributed by atoms with Crippen LogP contribution in [-0.2, 0) is 9.53 Å². The van der Waals surface area contributed by atoms with Crippen LogP contribution in [0.5, 0.6) is 0 Å². The lowest BCUT2D eigenvalue weighted by Crippen LogP contribution is -2.24. The van der Waals surface area contributed by atoms with Gasteiger partial charge in [-0.25, -0.2) is 0 Å². The summed E-state index contributed by atoms with van der Waals surface area (Å²) >= 11 is 12.2. The molecule has 1 aromatic carbocycles. The fourth-order valence-corrected chi connectivity index (χ4v) is 3.72. The van der Waals surface area contributed by atoms with Crippen molar-refractivity contribution >= 4 is 34.9 Å². The molecule has 1 saturated carbocycles. The molecule has 1 aliphatic carbocycles. The van der Waals surface area contributed by atoms with Crippen molar-refractivity contribution in [3.8, 4) is 0 Å². The first-order valence-corrected chi connectivity index (χ1v) is 8.12. The molecule has 2 rings (SSSR count). The number of halogens is 2. The number of methoxy groups -OCH3 is 1. The molecule has 0 aromatic heterocycles. The number of nitrogens with two attached hydrogens (primary N) is 1.